The van der Waals surface area contributed by atoms with Crippen LogP contribution in [0.4, 0.5) is 13.2 Å². The molecule has 0 unspecified atom stereocenters. The third kappa shape index (κ3) is 3.88. The van der Waals surface area contributed by atoms with Crippen molar-refractivity contribution >= 4 is 11.2 Å². The Kier molecular flexibility index (Phi) is 4.41. The van der Waals surface area contributed by atoms with E-state index in [1.54, 1.807) is 18.3 Å². The van der Waals surface area contributed by atoms with Crippen LogP contribution < -0.4 is 15.2 Å². The summed E-state index contributed by atoms with van der Waals surface area (Å²) in [5, 5.41) is 0. The van der Waals surface area contributed by atoms with E-state index in [2.05, 4.69) is 24.7 Å². The third-order valence-electron chi connectivity index (χ3n) is 3.91. The molecule has 4 rings (SSSR count). The number of nitrogens with one attached hydrogen (secondary N) is 1. The van der Waals surface area contributed by atoms with Gasteiger partial charge in [-0.1, -0.05) is 6.07 Å². The average molecular weight is 403 g/mol. The predicted octanol–water partition coefficient (Wildman–Crippen LogP) is 3.50. The molecule has 3 heterocycles. The topological polar surface area (TPSA) is 94.9 Å². The standard InChI is InChI=1S/C18H12F3N5O3/c1-10-4-5-12(7-14(10)29-18(19,20)21)28-16-23-8-11(9-24-16)26-15-13(25-17(26)27)3-2-6-22-15/h2-9H,1H3,(H,25,27). The molecule has 3 aromatic heterocycles. The number of ether oxygens (including phenoxy) is 2. The van der Waals surface area contributed by atoms with Gasteiger partial charge in [-0.25, -0.2) is 24.3 Å². The van der Waals surface area contributed by atoms with Crippen molar-refractivity contribution < 1.29 is 22.6 Å². The van der Waals surface area contributed by atoms with Crippen LogP contribution >= 0.6 is 0 Å². The number of pyridine rings is 1. The Morgan fingerprint density at radius 2 is 1.86 bits per heavy atom. The molecule has 0 aliphatic rings. The van der Waals surface area contributed by atoms with Gasteiger partial charge in [0.1, 0.15) is 11.5 Å². The number of fused-ring (bicyclic) bond motifs is 1. The number of aromatic amines is 1. The number of nitrogens with zero attached hydrogens (tertiary/aromatic N) is 4. The van der Waals surface area contributed by atoms with E-state index in [1.807, 2.05) is 0 Å². The van der Waals surface area contributed by atoms with Crippen LogP contribution in [0.1, 0.15) is 5.56 Å². The molecular weight excluding hydrogens is 391 g/mol. The summed E-state index contributed by atoms with van der Waals surface area (Å²) in [6.45, 7) is 1.48. The van der Waals surface area contributed by atoms with E-state index in [1.165, 1.54) is 36.0 Å². The predicted molar refractivity (Wildman–Crippen MR) is 95.2 cm³/mol. The van der Waals surface area contributed by atoms with E-state index in [0.29, 0.717) is 16.9 Å². The van der Waals surface area contributed by atoms with Gasteiger partial charge >= 0.3 is 18.1 Å². The van der Waals surface area contributed by atoms with Crippen LogP contribution in [0, 0.1) is 6.92 Å². The minimum absolute atomic E-state index is 0.0635. The first-order valence-corrected chi connectivity index (χ1v) is 8.22. The fraction of sp³-hybridized carbons (Fsp3) is 0.111. The molecule has 0 aliphatic heterocycles. The number of benzene rings is 1. The fourth-order valence-corrected chi connectivity index (χ4v) is 2.64. The van der Waals surface area contributed by atoms with Crippen molar-refractivity contribution in [1.29, 1.82) is 0 Å². The molecule has 8 nitrogen and oxygen atoms in total. The molecule has 0 saturated heterocycles. The molecule has 148 valence electrons. The van der Waals surface area contributed by atoms with Crippen LogP contribution in [0.5, 0.6) is 17.5 Å². The van der Waals surface area contributed by atoms with Gasteiger partial charge in [0.25, 0.3) is 0 Å². The van der Waals surface area contributed by atoms with Crippen LogP contribution in [0.15, 0.2) is 53.7 Å². The Bertz CT molecular complexity index is 1230. The number of alkyl halides is 3. The Morgan fingerprint density at radius 1 is 1.10 bits per heavy atom. The number of halogens is 3. The summed E-state index contributed by atoms with van der Waals surface area (Å²) < 4.78 is 48.1. The zero-order chi connectivity index (χ0) is 20.6. The van der Waals surface area contributed by atoms with Gasteiger partial charge in [0.15, 0.2) is 5.65 Å². The van der Waals surface area contributed by atoms with Crippen LogP contribution in [0.25, 0.3) is 16.9 Å². The van der Waals surface area contributed by atoms with Crippen LogP contribution in [0.2, 0.25) is 0 Å². The minimum Gasteiger partial charge on any atom is -0.424 e. The van der Waals surface area contributed by atoms with E-state index in [0.717, 1.165) is 6.07 Å². The lowest BCUT2D eigenvalue weighted by Crippen LogP contribution is -2.17. The van der Waals surface area contributed by atoms with Gasteiger partial charge in [-0.2, -0.15) is 0 Å². The third-order valence-corrected chi connectivity index (χ3v) is 3.91. The average Bonchev–Trinajstić information content (AvgIpc) is 3.00. The van der Waals surface area contributed by atoms with Gasteiger partial charge < -0.3 is 14.5 Å². The molecule has 11 heteroatoms. The molecule has 0 bridgehead atoms. The number of aryl methyl sites for hydroxylation is 1. The molecule has 0 amide bonds. The Balaban J connectivity index is 1.60. The second-order valence-corrected chi connectivity index (χ2v) is 5.94. The molecule has 0 aliphatic carbocycles. The van der Waals surface area contributed by atoms with Gasteiger partial charge in [-0.15, -0.1) is 13.2 Å². The molecule has 0 radical (unpaired) electrons. The maximum absolute atomic E-state index is 12.5. The first-order chi connectivity index (χ1) is 13.8. The lowest BCUT2D eigenvalue weighted by atomic mass is 10.2. The van der Waals surface area contributed by atoms with Crippen molar-refractivity contribution in [2.24, 2.45) is 0 Å². The molecule has 0 fully saturated rings. The van der Waals surface area contributed by atoms with E-state index in [-0.39, 0.29) is 23.1 Å². The Hall–Kier alpha value is -3.89. The summed E-state index contributed by atoms with van der Waals surface area (Å²) in [4.78, 5) is 27.0. The zero-order valence-corrected chi connectivity index (χ0v) is 14.8. The molecule has 1 N–H and O–H groups in total. The summed E-state index contributed by atoms with van der Waals surface area (Å²) in [6.07, 6.45) is -0.593. The van der Waals surface area contributed by atoms with E-state index in [4.69, 9.17) is 4.74 Å². The lowest BCUT2D eigenvalue weighted by molar-refractivity contribution is -0.274. The smallest absolute Gasteiger partial charge is 0.424 e. The fourth-order valence-electron chi connectivity index (χ4n) is 2.64. The van der Waals surface area contributed by atoms with Gasteiger partial charge in [-0.05, 0) is 30.7 Å². The summed E-state index contributed by atoms with van der Waals surface area (Å²) in [5.74, 6) is -0.323. The minimum atomic E-state index is -4.82. The quantitative estimate of drug-likeness (QED) is 0.560. The first-order valence-electron chi connectivity index (χ1n) is 8.22. The number of rotatable bonds is 4. The van der Waals surface area contributed by atoms with Crippen LogP contribution in [0.3, 0.4) is 0 Å². The van der Waals surface area contributed by atoms with Gasteiger partial charge in [0, 0.05) is 12.3 Å². The van der Waals surface area contributed by atoms with E-state index in [9.17, 15) is 18.0 Å². The zero-order valence-electron chi connectivity index (χ0n) is 14.8. The molecule has 0 saturated carbocycles. The molecule has 0 atom stereocenters. The van der Waals surface area contributed by atoms with E-state index < -0.39 is 12.1 Å². The molecule has 29 heavy (non-hydrogen) atoms. The van der Waals surface area contributed by atoms with Gasteiger partial charge in [0.2, 0.25) is 0 Å². The SMILES string of the molecule is Cc1ccc(Oc2ncc(-n3c(=O)[nH]c4cccnc43)cn2)cc1OC(F)(F)F. The van der Waals surface area contributed by atoms with Crippen molar-refractivity contribution in [3.8, 4) is 23.2 Å². The Morgan fingerprint density at radius 3 is 2.59 bits per heavy atom. The number of hydrogen-bond acceptors (Lipinski definition) is 6. The van der Waals surface area contributed by atoms with Gasteiger partial charge in [-0.3, -0.25) is 0 Å². The highest BCUT2D eigenvalue weighted by molar-refractivity contribution is 5.72. The maximum Gasteiger partial charge on any atom is 0.573 e. The number of hydrogen-bond donors (Lipinski definition) is 1. The van der Waals surface area contributed by atoms with Crippen LogP contribution in [-0.4, -0.2) is 30.9 Å². The van der Waals surface area contributed by atoms with Crippen molar-refractivity contribution in [2.45, 2.75) is 13.3 Å². The second-order valence-electron chi connectivity index (χ2n) is 5.94. The van der Waals surface area contributed by atoms with Crippen molar-refractivity contribution in [2.75, 3.05) is 0 Å². The Labute approximate surface area is 160 Å². The van der Waals surface area contributed by atoms with Crippen molar-refractivity contribution in [1.82, 2.24) is 24.5 Å². The molecule has 4 aromatic rings. The molecular formula is C18H12F3N5O3. The second kappa shape index (κ2) is 6.93. The number of H-pyrrole nitrogens is 1. The van der Waals surface area contributed by atoms with Crippen molar-refractivity contribution in [3.05, 3.63) is 65.0 Å². The first kappa shape index (κ1) is 18.5. The summed E-state index contributed by atoms with van der Waals surface area (Å²) >= 11 is 0. The monoisotopic (exact) mass is 403 g/mol. The highest BCUT2D eigenvalue weighted by Gasteiger charge is 2.32. The highest BCUT2D eigenvalue weighted by Crippen LogP contribution is 2.31. The largest absolute Gasteiger partial charge is 0.573 e. The summed E-state index contributed by atoms with van der Waals surface area (Å²) in [7, 11) is 0. The van der Waals surface area contributed by atoms with Gasteiger partial charge in [0.05, 0.1) is 23.6 Å². The number of imidazole rings is 1. The number of aromatic nitrogens is 5. The molecule has 0 spiro atoms. The summed E-state index contributed by atoms with van der Waals surface area (Å²) in [5.41, 5.74) is 1.18. The molecule has 1 aromatic carbocycles. The van der Waals surface area contributed by atoms with E-state index >= 15 is 0 Å². The highest BCUT2D eigenvalue weighted by atomic mass is 19.4. The normalized spacial score (nSPS) is 11.6. The van der Waals surface area contributed by atoms with Crippen molar-refractivity contribution in [3.63, 3.8) is 0 Å². The van der Waals surface area contributed by atoms with Crippen LogP contribution in [-0.2, 0) is 0 Å². The lowest BCUT2D eigenvalue weighted by Gasteiger charge is -2.12. The summed E-state index contributed by atoms with van der Waals surface area (Å²) in [6, 6.07) is 7.25. The maximum atomic E-state index is 12.5.